The van der Waals surface area contributed by atoms with Crippen molar-refractivity contribution in [1.29, 1.82) is 5.26 Å². The Morgan fingerprint density at radius 1 is 1.42 bits per heavy atom. The van der Waals surface area contributed by atoms with Crippen LogP contribution >= 0.6 is 0 Å². The van der Waals surface area contributed by atoms with Crippen LogP contribution in [0.3, 0.4) is 0 Å². The Labute approximate surface area is 135 Å². The lowest BCUT2D eigenvalue weighted by atomic mass is 10.0. The number of hydrogen-bond acceptors (Lipinski definition) is 5. The fraction of sp³-hybridized carbons (Fsp3) is 0.312. The van der Waals surface area contributed by atoms with Crippen LogP contribution < -0.4 is 5.32 Å². The fourth-order valence-electron chi connectivity index (χ4n) is 2.25. The number of esters is 1. The lowest BCUT2D eigenvalue weighted by Gasteiger charge is -2.07. The van der Waals surface area contributed by atoms with E-state index in [9.17, 15) is 22.8 Å². The second-order valence-electron chi connectivity index (χ2n) is 5.16. The van der Waals surface area contributed by atoms with E-state index >= 15 is 0 Å². The van der Waals surface area contributed by atoms with Crippen LogP contribution in [-0.4, -0.2) is 30.9 Å². The molecule has 1 aromatic rings. The molecule has 0 radical (unpaired) electrons. The van der Waals surface area contributed by atoms with E-state index in [1.165, 1.54) is 6.07 Å². The van der Waals surface area contributed by atoms with Gasteiger partial charge in [0.05, 0.1) is 5.56 Å². The monoisotopic (exact) mass is 338 g/mol. The van der Waals surface area contributed by atoms with E-state index in [-0.39, 0.29) is 19.2 Å². The second-order valence-corrected chi connectivity index (χ2v) is 5.16. The van der Waals surface area contributed by atoms with Gasteiger partial charge < -0.3 is 10.1 Å². The maximum Gasteiger partial charge on any atom is 0.330 e. The van der Waals surface area contributed by atoms with E-state index in [1.54, 1.807) is 0 Å². The number of ether oxygens (including phenoxy) is 1. The first-order valence-electron chi connectivity index (χ1n) is 7.05. The van der Waals surface area contributed by atoms with E-state index < -0.39 is 46.2 Å². The summed E-state index contributed by atoms with van der Waals surface area (Å²) < 4.78 is 45.4. The number of nitrogens with one attached hydrogen (secondary N) is 1. The Kier molecular flexibility index (Phi) is 5.36. The van der Waals surface area contributed by atoms with Crippen LogP contribution in [0.25, 0.3) is 0 Å². The van der Waals surface area contributed by atoms with Crippen molar-refractivity contribution in [1.82, 2.24) is 5.32 Å². The molecule has 1 aromatic carbocycles. The molecule has 0 amide bonds. The molecule has 1 aliphatic rings. The van der Waals surface area contributed by atoms with Crippen LogP contribution in [0.1, 0.15) is 22.3 Å². The number of carbonyl (C=O) groups is 2. The first-order valence-corrected chi connectivity index (χ1v) is 7.05. The number of nitrogens with zero attached hydrogens (tertiary/aromatic N) is 1. The zero-order valence-corrected chi connectivity index (χ0v) is 12.4. The number of carbonyl (C=O) groups excluding carboxylic acids is 2. The van der Waals surface area contributed by atoms with Gasteiger partial charge in [-0.2, -0.15) is 5.26 Å². The molecule has 2 rings (SSSR count). The van der Waals surface area contributed by atoms with Gasteiger partial charge in [0, 0.05) is 24.6 Å². The average Bonchev–Trinajstić information content (AvgIpc) is 3.34. The summed E-state index contributed by atoms with van der Waals surface area (Å²) in [6, 6.07) is 1.40. The maximum absolute atomic E-state index is 14.0. The molecule has 1 fully saturated rings. The van der Waals surface area contributed by atoms with Crippen LogP contribution in [0.15, 0.2) is 18.7 Å². The van der Waals surface area contributed by atoms with Gasteiger partial charge in [0.1, 0.15) is 18.2 Å². The zero-order chi connectivity index (χ0) is 17.9. The normalized spacial score (nSPS) is 18.6. The molecule has 5 nitrogen and oxygen atoms in total. The third-order valence-electron chi connectivity index (χ3n) is 3.58. The lowest BCUT2D eigenvalue weighted by molar-refractivity contribution is -0.137. The van der Waals surface area contributed by atoms with Crippen molar-refractivity contribution in [3.63, 3.8) is 0 Å². The summed E-state index contributed by atoms with van der Waals surface area (Å²) in [5, 5.41) is 11.6. The molecule has 8 heteroatoms. The van der Waals surface area contributed by atoms with Gasteiger partial charge >= 0.3 is 5.97 Å². The van der Waals surface area contributed by atoms with Gasteiger partial charge in [0.15, 0.2) is 23.2 Å². The molecule has 0 saturated heterocycles. The van der Waals surface area contributed by atoms with Gasteiger partial charge in [0.25, 0.3) is 0 Å². The Bertz CT molecular complexity index is 743. The van der Waals surface area contributed by atoms with Crippen molar-refractivity contribution in [2.24, 2.45) is 5.92 Å². The highest BCUT2D eigenvalue weighted by molar-refractivity contribution is 6.00. The van der Waals surface area contributed by atoms with E-state index in [1.807, 2.05) is 0 Å². The Balaban J connectivity index is 1.97. The molecule has 126 valence electrons. The number of hydrogen-bond donors (Lipinski definition) is 1. The summed E-state index contributed by atoms with van der Waals surface area (Å²) in [7, 11) is 0. The SMILES string of the molecule is C=CC(=O)OCCNC1CC1C(=O)c1cc(F)c(F)c(C#N)c1F. The second kappa shape index (κ2) is 7.27. The van der Waals surface area contributed by atoms with Gasteiger partial charge in [0.2, 0.25) is 0 Å². The number of rotatable bonds is 7. The lowest BCUT2D eigenvalue weighted by Crippen LogP contribution is -2.26. The van der Waals surface area contributed by atoms with Crippen molar-refractivity contribution >= 4 is 11.8 Å². The standard InChI is InChI=1S/C16H13F3N2O3/c1-2-13(22)24-4-3-21-12-6-8(12)16(23)9-5-11(17)15(19)10(7-20)14(9)18/h2,5,8,12,21H,1,3-4,6H2. The molecule has 0 aromatic heterocycles. The van der Waals surface area contributed by atoms with E-state index in [0.717, 1.165) is 6.08 Å². The van der Waals surface area contributed by atoms with Crippen molar-refractivity contribution in [3.05, 3.63) is 47.3 Å². The van der Waals surface area contributed by atoms with Crippen LogP contribution in [0.5, 0.6) is 0 Å². The maximum atomic E-state index is 14.0. The molecular weight excluding hydrogens is 325 g/mol. The topological polar surface area (TPSA) is 79.2 Å². The molecule has 0 heterocycles. The van der Waals surface area contributed by atoms with Crippen molar-refractivity contribution in [2.75, 3.05) is 13.2 Å². The summed E-state index contributed by atoms with van der Waals surface area (Å²) in [5.74, 6) is -6.30. The molecule has 1 N–H and O–H groups in total. The van der Waals surface area contributed by atoms with E-state index in [4.69, 9.17) is 10.00 Å². The van der Waals surface area contributed by atoms with E-state index in [2.05, 4.69) is 11.9 Å². The average molecular weight is 338 g/mol. The molecule has 24 heavy (non-hydrogen) atoms. The van der Waals surface area contributed by atoms with Crippen molar-refractivity contribution < 1.29 is 27.5 Å². The van der Waals surface area contributed by atoms with Gasteiger partial charge in [-0.25, -0.2) is 18.0 Å². The number of Topliss-reactive ketones (excluding diaryl/α,β-unsaturated/α-hetero) is 1. The number of benzene rings is 1. The largest absolute Gasteiger partial charge is 0.461 e. The van der Waals surface area contributed by atoms with Crippen LogP contribution in [0.4, 0.5) is 13.2 Å². The van der Waals surface area contributed by atoms with Gasteiger partial charge in [-0.3, -0.25) is 4.79 Å². The Morgan fingerprint density at radius 3 is 2.75 bits per heavy atom. The van der Waals surface area contributed by atoms with Gasteiger partial charge in [-0.05, 0) is 12.5 Å². The summed E-state index contributed by atoms with van der Waals surface area (Å²) >= 11 is 0. The third kappa shape index (κ3) is 3.63. The fourth-order valence-corrected chi connectivity index (χ4v) is 2.25. The first-order chi connectivity index (χ1) is 11.4. The highest BCUT2D eigenvalue weighted by atomic mass is 19.2. The van der Waals surface area contributed by atoms with Crippen LogP contribution in [0.2, 0.25) is 0 Å². The molecule has 1 aliphatic carbocycles. The molecule has 0 bridgehead atoms. The number of ketones is 1. The minimum Gasteiger partial charge on any atom is -0.461 e. The van der Waals surface area contributed by atoms with E-state index in [0.29, 0.717) is 12.5 Å². The Hall–Kier alpha value is -2.66. The molecule has 1 saturated carbocycles. The van der Waals surface area contributed by atoms with Gasteiger partial charge in [-0.15, -0.1) is 0 Å². The molecule has 0 aliphatic heterocycles. The molecule has 2 unspecified atom stereocenters. The summed E-state index contributed by atoms with van der Waals surface area (Å²) in [6.07, 6.45) is 1.40. The van der Waals surface area contributed by atoms with Crippen molar-refractivity contribution in [3.8, 4) is 6.07 Å². The third-order valence-corrected chi connectivity index (χ3v) is 3.58. The number of halogens is 3. The zero-order valence-electron chi connectivity index (χ0n) is 12.4. The predicted molar refractivity (Wildman–Crippen MR) is 76.4 cm³/mol. The minimum absolute atomic E-state index is 0.0698. The predicted octanol–water partition coefficient (Wildman–Crippen LogP) is 1.87. The molecule has 2 atom stereocenters. The van der Waals surface area contributed by atoms with Crippen LogP contribution in [-0.2, 0) is 9.53 Å². The van der Waals surface area contributed by atoms with Gasteiger partial charge in [-0.1, -0.05) is 6.58 Å². The summed E-state index contributed by atoms with van der Waals surface area (Å²) in [4.78, 5) is 23.0. The highest BCUT2D eigenvalue weighted by Gasteiger charge is 2.44. The highest BCUT2D eigenvalue weighted by Crippen LogP contribution is 2.35. The van der Waals surface area contributed by atoms with Crippen LogP contribution in [0, 0.1) is 34.7 Å². The Morgan fingerprint density at radius 2 is 2.12 bits per heavy atom. The summed E-state index contributed by atoms with van der Waals surface area (Å²) in [6.45, 7) is 3.58. The molecular formula is C16H13F3N2O3. The first kappa shape index (κ1) is 17.7. The smallest absolute Gasteiger partial charge is 0.330 e. The quantitative estimate of drug-likeness (QED) is 0.270. The minimum atomic E-state index is -1.61. The van der Waals surface area contributed by atoms with Crippen molar-refractivity contribution in [2.45, 2.75) is 12.5 Å². The molecule has 0 spiro atoms. The number of nitriles is 1. The summed E-state index contributed by atoms with van der Waals surface area (Å²) in [5.41, 5.74) is -1.75.